The molecule has 0 radical (unpaired) electrons. The van der Waals surface area contributed by atoms with Crippen molar-refractivity contribution in [1.29, 1.82) is 0 Å². The predicted octanol–water partition coefficient (Wildman–Crippen LogP) is 6.08. The average molecular weight is 491 g/mol. The van der Waals surface area contributed by atoms with Crippen molar-refractivity contribution < 1.29 is 4.42 Å². The molecule has 0 unspecified atom stereocenters. The Morgan fingerprint density at radius 1 is 1.09 bits per heavy atom. The van der Waals surface area contributed by atoms with Crippen molar-refractivity contribution in [2.24, 2.45) is 0 Å². The fraction of sp³-hybridized carbons (Fsp3) is 0.370. The summed E-state index contributed by atoms with van der Waals surface area (Å²) >= 11 is 6.13. The van der Waals surface area contributed by atoms with E-state index in [4.69, 9.17) is 26.0 Å². The molecule has 7 nitrogen and oxygen atoms in total. The molecule has 0 bridgehead atoms. The lowest BCUT2D eigenvalue weighted by molar-refractivity contribution is 0.500. The fourth-order valence-corrected chi connectivity index (χ4v) is 4.73. The summed E-state index contributed by atoms with van der Waals surface area (Å²) in [6.07, 6.45) is 8.15. The van der Waals surface area contributed by atoms with E-state index in [0.29, 0.717) is 11.6 Å². The van der Waals surface area contributed by atoms with Crippen LogP contribution < -0.4 is 15.1 Å². The van der Waals surface area contributed by atoms with Gasteiger partial charge in [-0.05, 0) is 69.0 Å². The lowest BCUT2D eigenvalue weighted by Gasteiger charge is -2.29. The predicted molar refractivity (Wildman–Crippen MR) is 142 cm³/mol. The Hall–Kier alpha value is -3.32. The van der Waals surface area contributed by atoms with Crippen LogP contribution in [0.2, 0.25) is 5.02 Å². The first-order valence-electron chi connectivity index (χ1n) is 12.3. The van der Waals surface area contributed by atoms with Gasteiger partial charge in [-0.2, -0.15) is 4.98 Å². The first-order chi connectivity index (χ1) is 17.2. The minimum absolute atomic E-state index is 0.666. The standard InChI is InChI=1S/C27H31ClN6O/c1-20-17-26(32-27(31-20)33-13-3-2-4-14-33)34(19-22-7-5-16-35-22)15-6-11-29-24-10-12-30-25-18-21(28)8-9-23(24)25/h5,7-10,12,16-18H,2-4,6,11,13-15,19H2,1H3,(H,29,30). The minimum Gasteiger partial charge on any atom is -0.467 e. The topological polar surface area (TPSA) is 70.3 Å². The molecular weight excluding hydrogens is 460 g/mol. The maximum Gasteiger partial charge on any atom is 0.227 e. The van der Waals surface area contributed by atoms with Crippen LogP contribution in [0, 0.1) is 6.92 Å². The number of hydrogen-bond acceptors (Lipinski definition) is 7. The van der Waals surface area contributed by atoms with Crippen molar-refractivity contribution >= 4 is 40.0 Å². The van der Waals surface area contributed by atoms with Gasteiger partial charge in [-0.1, -0.05) is 11.6 Å². The maximum absolute atomic E-state index is 6.13. The van der Waals surface area contributed by atoms with E-state index in [9.17, 15) is 0 Å². The van der Waals surface area contributed by atoms with Gasteiger partial charge < -0.3 is 19.5 Å². The van der Waals surface area contributed by atoms with Crippen LogP contribution in [0.5, 0.6) is 0 Å². The molecule has 1 aromatic carbocycles. The number of aromatic nitrogens is 3. The second kappa shape index (κ2) is 11.0. The van der Waals surface area contributed by atoms with Gasteiger partial charge >= 0.3 is 0 Å². The molecule has 1 N–H and O–H groups in total. The number of nitrogens with one attached hydrogen (secondary N) is 1. The summed E-state index contributed by atoms with van der Waals surface area (Å²) in [7, 11) is 0. The van der Waals surface area contributed by atoms with Gasteiger partial charge in [0.1, 0.15) is 11.6 Å². The van der Waals surface area contributed by atoms with E-state index >= 15 is 0 Å². The fourth-order valence-electron chi connectivity index (χ4n) is 4.57. The van der Waals surface area contributed by atoms with Gasteiger partial charge in [-0.3, -0.25) is 4.98 Å². The summed E-state index contributed by atoms with van der Waals surface area (Å²) in [5, 5.41) is 5.34. The molecule has 35 heavy (non-hydrogen) atoms. The summed E-state index contributed by atoms with van der Waals surface area (Å²) in [4.78, 5) is 18.8. The van der Waals surface area contributed by atoms with Gasteiger partial charge in [-0.15, -0.1) is 0 Å². The number of fused-ring (bicyclic) bond motifs is 1. The van der Waals surface area contributed by atoms with Crippen LogP contribution in [-0.4, -0.2) is 41.1 Å². The first-order valence-corrected chi connectivity index (χ1v) is 12.7. The van der Waals surface area contributed by atoms with Gasteiger partial charge in [0.15, 0.2) is 0 Å². The van der Waals surface area contributed by atoms with Crippen LogP contribution in [0.1, 0.15) is 37.1 Å². The highest BCUT2D eigenvalue weighted by molar-refractivity contribution is 6.31. The Labute approximate surface area is 211 Å². The zero-order valence-corrected chi connectivity index (χ0v) is 20.8. The molecule has 1 aliphatic rings. The quantitative estimate of drug-likeness (QED) is 0.285. The number of aryl methyl sites for hydroxylation is 1. The van der Waals surface area contributed by atoms with E-state index in [1.54, 1.807) is 6.26 Å². The lowest BCUT2D eigenvalue weighted by atomic mass is 10.1. The molecule has 0 atom stereocenters. The minimum atomic E-state index is 0.666. The number of hydrogen-bond donors (Lipinski definition) is 1. The van der Waals surface area contributed by atoms with Gasteiger partial charge in [0.05, 0.1) is 18.3 Å². The number of furan rings is 1. The Morgan fingerprint density at radius 2 is 1.97 bits per heavy atom. The normalized spacial score (nSPS) is 13.8. The molecule has 4 heterocycles. The summed E-state index contributed by atoms with van der Waals surface area (Å²) in [6, 6.07) is 13.8. The number of halogens is 1. The zero-order valence-electron chi connectivity index (χ0n) is 20.1. The number of pyridine rings is 1. The molecule has 0 spiro atoms. The van der Waals surface area contributed by atoms with Crippen LogP contribution in [0.3, 0.4) is 0 Å². The molecular formula is C27H31ClN6O. The Balaban J connectivity index is 1.30. The molecule has 5 rings (SSSR count). The third kappa shape index (κ3) is 5.85. The number of piperidine rings is 1. The van der Waals surface area contributed by atoms with Crippen molar-refractivity contribution in [3.63, 3.8) is 0 Å². The maximum atomic E-state index is 6.13. The monoisotopic (exact) mass is 490 g/mol. The smallest absolute Gasteiger partial charge is 0.227 e. The second-order valence-corrected chi connectivity index (χ2v) is 9.45. The highest BCUT2D eigenvalue weighted by Crippen LogP contribution is 2.25. The molecule has 1 aliphatic heterocycles. The molecule has 1 saturated heterocycles. The summed E-state index contributed by atoms with van der Waals surface area (Å²) < 4.78 is 5.67. The first kappa shape index (κ1) is 23.4. The summed E-state index contributed by atoms with van der Waals surface area (Å²) in [5.41, 5.74) is 2.94. The number of benzene rings is 1. The van der Waals surface area contributed by atoms with Crippen molar-refractivity contribution in [3.05, 3.63) is 71.4 Å². The number of rotatable bonds is 9. The third-order valence-electron chi connectivity index (χ3n) is 6.34. The van der Waals surface area contributed by atoms with Crippen LogP contribution in [0.25, 0.3) is 10.9 Å². The number of nitrogens with zero attached hydrogens (tertiary/aromatic N) is 5. The summed E-state index contributed by atoms with van der Waals surface area (Å²) in [6.45, 7) is 6.41. The van der Waals surface area contributed by atoms with Crippen molar-refractivity contribution in [1.82, 2.24) is 15.0 Å². The molecule has 0 saturated carbocycles. The van der Waals surface area contributed by atoms with E-state index in [1.807, 2.05) is 49.5 Å². The van der Waals surface area contributed by atoms with E-state index in [2.05, 4.69) is 26.2 Å². The van der Waals surface area contributed by atoms with Crippen LogP contribution in [-0.2, 0) is 6.54 Å². The molecule has 4 aromatic rings. The third-order valence-corrected chi connectivity index (χ3v) is 6.58. The highest BCUT2D eigenvalue weighted by Gasteiger charge is 2.18. The van der Waals surface area contributed by atoms with Gasteiger partial charge in [0.25, 0.3) is 0 Å². The molecule has 3 aromatic heterocycles. The van der Waals surface area contributed by atoms with Gasteiger partial charge in [0.2, 0.25) is 5.95 Å². The van der Waals surface area contributed by atoms with Crippen molar-refractivity contribution in [3.8, 4) is 0 Å². The van der Waals surface area contributed by atoms with E-state index in [1.165, 1.54) is 19.3 Å². The molecule has 182 valence electrons. The average Bonchev–Trinajstić information content (AvgIpc) is 3.39. The van der Waals surface area contributed by atoms with Gasteiger partial charge in [-0.25, -0.2) is 4.98 Å². The molecule has 0 aliphatic carbocycles. The Kier molecular flexibility index (Phi) is 7.33. The van der Waals surface area contributed by atoms with E-state index in [0.717, 1.165) is 72.4 Å². The van der Waals surface area contributed by atoms with E-state index < -0.39 is 0 Å². The number of anilines is 3. The zero-order chi connectivity index (χ0) is 24.0. The Bertz CT molecular complexity index is 1260. The largest absolute Gasteiger partial charge is 0.467 e. The Morgan fingerprint density at radius 3 is 2.80 bits per heavy atom. The van der Waals surface area contributed by atoms with Crippen molar-refractivity contribution in [2.45, 2.75) is 39.2 Å². The van der Waals surface area contributed by atoms with E-state index in [-0.39, 0.29) is 0 Å². The van der Waals surface area contributed by atoms with Gasteiger partial charge in [0, 0.05) is 60.2 Å². The van der Waals surface area contributed by atoms with Crippen LogP contribution in [0.4, 0.5) is 17.5 Å². The molecule has 1 fully saturated rings. The second-order valence-electron chi connectivity index (χ2n) is 9.02. The highest BCUT2D eigenvalue weighted by atomic mass is 35.5. The summed E-state index contributed by atoms with van der Waals surface area (Å²) in [5.74, 6) is 2.70. The molecule has 0 amide bonds. The SMILES string of the molecule is Cc1cc(N(CCCNc2ccnc3cc(Cl)ccc23)Cc2ccco2)nc(N2CCCCC2)n1. The lowest BCUT2D eigenvalue weighted by Crippen LogP contribution is -2.32. The van der Waals surface area contributed by atoms with Crippen LogP contribution >= 0.6 is 11.6 Å². The van der Waals surface area contributed by atoms with Crippen LogP contribution in [0.15, 0.2) is 59.3 Å². The van der Waals surface area contributed by atoms with Crippen molar-refractivity contribution in [2.75, 3.05) is 41.3 Å². The molecule has 8 heteroatoms.